The molecule has 25 heavy (non-hydrogen) atoms. The van der Waals surface area contributed by atoms with E-state index in [1.807, 2.05) is 19.9 Å². The number of hydrogen-bond donors (Lipinski definition) is 0. The zero-order valence-electron chi connectivity index (χ0n) is 15.1. The summed E-state index contributed by atoms with van der Waals surface area (Å²) in [5, 5.41) is 0.809. The highest BCUT2D eigenvalue weighted by Crippen LogP contribution is 2.33. The number of likely N-dealkylation sites (N-methyl/N-ethyl adjacent to an activating group) is 1. The number of amidine groups is 1. The molecular formula is C19H25N3O2S. The number of aliphatic imine (C=N–C) groups is 1. The van der Waals surface area contributed by atoms with Crippen molar-refractivity contribution in [1.82, 2.24) is 4.90 Å². The smallest absolute Gasteiger partial charge is 0.266 e. The molecule has 1 aromatic carbocycles. The molecule has 0 radical (unpaired) electrons. The average Bonchev–Trinajstić information content (AvgIpc) is 2.92. The Balaban J connectivity index is 1.83. The Morgan fingerprint density at radius 2 is 2.04 bits per heavy atom. The average molecular weight is 359 g/mol. The fourth-order valence-electron chi connectivity index (χ4n) is 3.02. The Hall–Kier alpha value is -1.79. The van der Waals surface area contributed by atoms with Crippen molar-refractivity contribution < 1.29 is 9.53 Å². The molecule has 0 atom stereocenters. The second kappa shape index (κ2) is 8.06. The Labute approximate surface area is 153 Å². The lowest BCUT2D eigenvalue weighted by Crippen LogP contribution is -2.36. The predicted octanol–water partition coefficient (Wildman–Crippen LogP) is 3.14. The minimum absolute atomic E-state index is 0.0522. The van der Waals surface area contributed by atoms with Gasteiger partial charge in [0.2, 0.25) is 0 Å². The van der Waals surface area contributed by atoms with E-state index < -0.39 is 0 Å². The summed E-state index contributed by atoms with van der Waals surface area (Å²) in [4.78, 5) is 21.9. The van der Waals surface area contributed by atoms with Crippen molar-refractivity contribution in [3.63, 3.8) is 0 Å². The van der Waals surface area contributed by atoms with Gasteiger partial charge < -0.3 is 9.64 Å². The van der Waals surface area contributed by atoms with Crippen molar-refractivity contribution in [2.24, 2.45) is 4.99 Å². The van der Waals surface area contributed by atoms with Crippen LogP contribution in [0.4, 0.5) is 5.69 Å². The number of aryl methyl sites for hydroxylation is 1. The van der Waals surface area contributed by atoms with Gasteiger partial charge >= 0.3 is 0 Å². The molecule has 0 aliphatic carbocycles. The lowest BCUT2D eigenvalue weighted by molar-refractivity contribution is -0.122. The van der Waals surface area contributed by atoms with Crippen LogP contribution in [0.15, 0.2) is 28.1 Å². The minimum Gasteiger partial charge on any atom is -0.378 e. The predicted molar refractivity (Wildman–Crippen MR) is 105 cm³/mol. The van der Waals surface area contributed by atoms with E-state index in [0.29, 0.717) is 13.1 Å². The van der Waals surface area contributed by atoms with Crippen LogP contribution in [0.25, 0.3) is 6.08 Å². The summed E-state index contributed by atoms with van der Waals surface area (Å²) in [6.07, 6.45) is 1.99. The molecule has 1 aromatic rings. The number of thioether (sulfide) groups is 1. The standard InChI is InChI=1S/C19H25N3O2S/c1-4-20-19-22(5-2)18(23)17(25-19)13-15-6-7-16(12-14(15)3)21-8-10-24-11-9-21/h6-7,12-13H,4-5,8-11H2,1-3H3. The number of amides is 1. The first kappa shape index (κ1) is 18.0. The van der Waals surface area contributed by atoms with Crippen LogP contribution in [-0.2, 0) is 9.53 Å². The van der Waals surface area contributed by atoms with Gasteiger partial charge in [0, 0.05) is 31.9 Å². The molecule has 1 amide bonds. The number of anilines is 1. The molecule has 5 nitrogen and oxygen atoms in total. The molecule has 134 valence electrons. The van der Waals surface area contributed by atoms with Gasteiger partial charge in [0.25, 0.3) is 5.91 Å². The molecule has 0 aromatic heterocycles. The van der Waals surface area contributed by atoms with Crippen molar-refractivity contribution in [3.8, 4) is 0 Å². The molecule has 0 N–H and O–H groups in total. The second-order valence-corrected chi connectivity index (χ2v) is 7.07. The number of carbonyl (C=O) groups excluding carboxylic acids is 1. The lowest BCUT2D eigenvalue weighted by atomic mass is 10.1. The molecule has 0 bridgehead atoms. The Bertz CT molecular complexity index is 709. The maximum Gasteiger partial charge on any atom is 0.266 e. The van der Waals surface area contributed by atoms with E-state index in [-0.39, 0.29) is 5.91 Å². The van der Waals surface area contributed by atoms with Gasteiger partial charge in [-0.05, 0) is 61.9 Å². The molecule has 6 heteroatoms. The number of nitrogens with zero attached hydrogens (tertiary/aromatic N) is 3. The van der Waals surface area contributed by atoms with E-state index in [4.69, 9.17) is 4.74 Å². The van der Waals surface area contributed by atoms with Gasteiger partial charge in [-0.25, -0.2) is 0 Å². The van der Waals surface area contributed by atoms with Crippen LogP contribution in [-0.4, -0.2) is 55.4 Å². The molecule has 0 spiro atoms. The molecule has 2 fully saturated rings. The van der Waals surface area contributed by atoms with E-state index in [1.54, 1.807) is 4.90 Å². The molecular weight excluding hydrogens is 334 g/mol. The lowest BCUT2D eigenvalue weighted by Gasteiger charge is -2.29. The van der Waals surface area contributed by atoms with Gasteiger partial charge in [0.1, 0.15) is 0 Å². The van der Waals surface area contributed by atoms with Crippen LogP contribution >= 0.6 is 11.8 Å². The monoisotopic (exact) mass is 359 g/mol. The molecule has 2 saturated heterocycles. The van der Waals surface area contributed by atoms with Gasteiger partial charge in [-0.3, -0.25) is 14.7 Å². The maximum absolute atomic E-state index is 12.6. The molecule has 2 heterocycles. The summed E-state index contributed by atoms with van der Waals surface area (Å²) >= 11 is 1.47. The highest BCUT2D eigenvalue weighted by atomic mass is 32.2. The maximum atomic E-state index is 12.6. The largest absolute Gasteiger partial charge is 0.378 e. The normalized spacial score (nSPS) is 21.6. The summed E-state index contributed by atoms with van der Waals surface area (Å²) in [5.41, 5.74) is 3.48. The Morgan fingerprint density at radius 1 is 1.28 bits per heavy atom. The summed E-state index contributed by atoms with van der Waals surface area (Å²) in [6, 6.07) is 6.43. The van der Waals surface area contributed by atoms with Crippen LogP contribution in [0, 0.1) is 6.92 Å². The minimum atomic E-state index is 0.0522. The van der Waals surface area contributed by atoms with E-state index in [9.17, 15) is 4.79 Å². The van der Waals surface area contributed by atoms with Gasteiger partial charge in [0.15, 0.2) is 5.17 Å². The summed E-state index contributed by atoms with van der Waals surface area (Å²) < 4.78 is 5.42. The Morgan fingerprint density at radius 3 is 2.68 bits per heavy atom. The SMILES string of the molecule is CCN=C1SC(=Cc2ccc(N3CCOCC3)cc2C)C(=O)N1CC. The number of carbonyl (C=O) groups is 1. The third kappa shape index (κ3) is 3.90. The summed E-state index contributed by atoms with van der Waals surface area (Å²) in [5.74, 6) is 0.0522. The number of rotatable bonds is 4. The van der Waals surface area contributed by atoms with Gasteiger partial charge in [0.05, 0.1) is 18.1 Å². The van der Waals surface area contributed by atoms with Crippen molar-refractivity contribution in [3.05, 3.63) is 34.2 Å². The first-order chi connectivity index (χ1) is 12.1. The zero-order valence-corrected chi connectivity index (χ0v) is 15.9. The van der Waals surface area contributed by atoms with Crippen molar-refractivity contribution in [2.75, 3.05) is 44.3 Å². The highest BCUT2D eigenvalue weighted by Gasteiger charge is 2.31. The highest BCUT2D eigenvalue weighted by molar-refractivity contribution is 8.18. The van der Waals surface area contributed by atoms with E-state index in [0.717, 1.165) is 41.9 Å². The zero-order chi connectivity index (χ0) is 17.8. The second-order valence-electron chi connectivity index (χ2n) is 6.06. The van der Waals surface area contributed by atoms with Crippen LogP contribution < -0.4 is 4.90 Å². The Kier molecular flexibility index (Phi) is 5.81. The topological polar surface area (TPSA) is 45.1 Å². The summed E-state index contributed by atoms with van der Waals surface area (Å²) in [6.45, 7) is 10.8. The van der Waals surface area contributed by atoms with Gasteiger partial charge in [-0.2, -0.15) is 0 Å². The number of hydrogen-bond acceptors (Lipinski definition) is 5. The summed E-state index contributed by atoms with van der Waals surface area (Å²) in [7, 11) is 0. The molecule has 2 aliphatic heterocycles. The number of benzene rings is 1. The van der Waals surface area contributed by atoms with Crippen molar-refractivity contribution in [1.29, 1.82) is 0 Å². The number of ether oxygens (including phenoxy) is 1. The van der Waals surface area contributed by atoms with Crippen LogP contribution in [0.5, 0.6) is 0 Å². The van der Waals surface area contributed by atoms with E-state index in [2.05, 4.69) is 35.0 Å². The van der Waals surface area contributed by atoms with Gasteiger partial charge in [-0.15, -0.1) is 0 Å². The first-order valence-corrected chi connectivity index (χ1v) is 9.65. The van der Waals surface area contributed by atoms with Crippen LogP contribution in [0.2, 0.25) is 0 Å². The van der Waals surface area contributed by atoms with E-state index in [1.165, 1.54) is 23.0 Å². The van der Waals surface area contributed by atoms with Crippen molar-refractivity contribution >= 4 is 34.6 Å². The third-order valence-corrected chi connectivity index (χ3v) is 5.46. The third-order valence-electron chi connectivity index (χ3n) is 4.41. The fourth-order valence-corrected chi connectivity index (χ4v) is 4.12. The first-order valence-electron chi connectivity index (χ1n) is 8.83. The number of morpholine rings is 1. The van der Waals surface area contributed by atoms with Gasteiger partial charge in [-0.1, -0.05) is 6.07 Å². The molecule has 0 unspecified atom stereocenters. The molecule has 2 aliphatic rings. The van der Waals surface area contributed by atoms with Crippen molar-refractivity contribution in [2.45, 2.75) is 20.8 Å². The molecule has 0 saturated carbocycles. The van der Waals surface area contributed by atoms with E-state index >= 15 is 0 Å². The van der Waals surface area contributed by atoms with Crippen LogP contribution in [0.1, 0.15) is 25.0 Å². The molecule has 3 rings (SSSR count). The quantitative estimate of drug-likeness (QED) is 0.775. The van der Waals surface area contributed by atoms with Crippen LogP contribution in [0.3, 0.4) is 0 Å². The fraction of sp³-hybridized carbons (Fsp3) is 0.474.